The molecule has 0 amide bonds. The molecule has 6 heteroatoms. The van der Waals surface area contributed by atoms with Crippen molar-refractivity contribution in [2.45, 2.75) is 43.7 Å². The Bertz CT molecular complexity index is 187. The summed E-state index contributed by atoms with van der Waals surface area (Å²) in [6.45, 7) is 2.02. The second-order valence-corrected chi connectivity index (χ2v) is 4.02. The third kappa shape index (κ3) is 1.33. The van der Waals surface area contributed by atoms with Gasteiger partial charge in [0.2, 0.25) is 0 Å². The first-order chi connectivity index (χ1) is 6.13. The van der Waals surface area contributed by atoms with Crippen LogP contribution in [0.2, 0.25) is 0 Å². The molecule has 0 aromatic rings. The van der Waals surface area contributed by atoms with Gasteiger partial charge in [-0.1, -0.05) is 6.92 Å². The van der Waals surface area contributed by atoms with Crippen molar-refractivity contribution in [3.63, 3.8) is 0 Å². The molecule has 0 aliphatic heterocycles. The van der Waals surface area contributed by atoms with Crippen LogP contribution >= 0.6 is 0 Å². The fourth-order valence-electron chi connectivity index (χ4n) is 1.69. The van der Waals surface area contributed by atoms with Crippen molar-refractivity contribution in [3.8, 4) is 0 Å². The number of halogens is 2. The smallest absolute Gasteiger partial charge is 0.281 e. The van der Waals surface area contributed by atoms with Crippen LogP contribution in [0.1, 0.15) is 13.8 Å². The van der Waals surface area contributed by atoms with Gasteiger partial charge in [0.25, 0.3) is 5.92 Å². The summed E-state index contributed by atoms with van der Waals surface area (Å²) in [5.74, 6) is -5.22. The van der Waals surface area contributed by atoms with Crippen molar-refractivity contribution in [3.05, 3.63) is 0 Å². The van der Waals surface area contributed by atoms with Gasteiger partial charge in [0.15, 0.2) is 0 Å². The maximum Gasteiger partial charge on any atom is 0.281 e. The lowest BCUT2D eigenvalue weighted by Gasteiger charge is -2.48. The monoisotopic (exact) mass is 212 g/mol. The van der Waals surface area contributed by atoms with Gasteiger partial charge in [-0.3, -0.25) is 0 Å². The summed E-state index contributed by atoms with van der Waals surface area (Å²) in [5.41, 5.74) is -2.12. The summed E-state index contributed by atoms with van der Waals surface area (Å²) < 4.78 is 26.3. The summed E-state index contributed by atoms with van der Waals surface area (Å²) in [6.07, 6.45) is -6.21. The Morgan fingerprint density at radius 1 is 1.00 bits per heavy atom. The highest BCUT2D eigenvalue weighted by Gasteiger charge is 2.63. The van der Waals surface area contributed by atoms with Gasteiger partial charge >= 0.3 is 0 Å². The number of hydrogen-bond donors (Lipinski definition) is 4. The lowest BCUT2D eigenvalue weighted by molar-refractivity contribution is -0.294. The molecule has 1 aliphatic rings. The maximum absolute atomic E-state index is 13.2. The third-order valence-corrected chi connectivity index (χ3v) is 2.97. The average molecular weight is 212 g/mol. The number of rotatable bonds is 0. The highest BCUT2D eigenvalue weighted by molar-refractivity contribution is 5.07. The van der Waals surface area contributed by atoms with E-state index < -0.39 is 35.8 Å². The number of alkyl halides is 2. The van der Waals surface area contributed by atoms with E-state index in [4.69, 9.17) is 5.11 Å². The van der Waals surface area contributed by atoms with Crippen LogP contribution in [0.25, 0.3) is 0 Å². The molecule has 0 aromatic heterocycles. The largest absolute Gasteiger partial charge is 0.390 e. The number of hydrogen-bond acceptors (Lipinski definition) is 4. The van der Waals surface area contributed by atoms with E-state index in [-0.39, 0.29) is 0 Å². The Labute approximate surface area is 79.8 Å². The van der Waals surface area contributed by atoms with Gasteiger partial charge in [0.1, 0.15) is 17.8 Å². The predicted molar refractivity (Wildman–Crippen MR) is 42.8 cm³/mol. The fourth-order valence-corrected chi connectivity index (χ4v) is 1.69. The Balaban J connectivity index is 3.07. The summed E-state index contributed by atoms with van der Waals surface area (Å²) in [5, 5.41) is 37.1. The van der Waals surface area contributed by atoms with Crippen LogP contribution in [0.4, 0.5) is 8.78 Å². The van der Waals surface area contributed by atoms with Gasteiger partial charge < -0.3 is 20.4 Å². The van der Waals surface area contributed by atoms with E-state index >= 15 is 0 Å². The van der Waals surface area contributed by atoms with Crippen molar-refractivity contribution in [2.24, 2.45) is 5.92 Å². The van der Waals surface area contributed by atoms with Crippen LogP contribution in [-0.2, 0) is 0 Å². The molecule has 0 radical (unpaired) electrons. The standard InChI is InChI=1S/C8H14F2O4/c1-3-4(11)7(2,14)5(12)6(13)8(3,9)10/h3-6,11-14H,1-2H3/t3-,4-,5+,6-,7-/m0/s1. The second kappa shape index (κ2) is 3.10. The first kappa shape index (κ1) is 11.8. The quantitative estimate of drug-likeness (QED) is 0.419. The van der Waals surface area contributed by atoms with Crippen molar-refractivity contribution < 1.29 is 29.2 Å². The summed E-state index contributed by atoms with van der Waals surface area (Å²) in [6, 6.07) is 0. The Morgan fingerprint density at radius 3 is 1.86 bits per heavy atom. The lowest BCUT2D eigenvalue weighted by Crippen LogP contribution is -2.69. The van der Waals surface area contributed by atoms with E-state index in [1.165, 1.54) is 0 Å². The zero-order valence-electron chi connectivity index (χ0n) is 7.85. The molecule has 0 heterocycles. The van der Waals surface area contributed by atoms with E-state index in [9.17, 15) is 24.1 Å². The summed E-state index contributed by atoms with van der Waals surface area (Å²) in [4.78, 5) is 0. The zero-order chi connectivity index (χ0) is 11.3. The molecule has 4 N–H and O–H groups in total. The molecule has 0 aromatic carbocycles. The predicted octanol–water partition coefficient (Wildman–Crippen LogP) is -0.895. The molecule has 0 unspecified atom stereocenters. The third-order valence-electron chi connectivity index (χ3n) is 2.97. The van der Waals surface area contributed by atoms with Gasteiger partial charge in [-0.05, 0) is 6.92 Å². The molecule has 1 fully saturated rings. The van der Waals surface area contributed by atoms with Crippen LogP contribution in [0, 0.1) is 5.92 Å². The van der Waals surface area contributed by atoms with Gasteiger partial charge in [-0.25, -0.2) is 8.78 Å². The maximum atomic E-state index is 13.2. The minimum Gasteiger partial charge on any atom is -0.390 e. The SMILES string of the molecule is C[C@H]1[C@H](O)[C@](C)(O)[C@H](O)[C@H](O)C1(F)F. The normalized spacial score (nSPS) is 53.1. The molecule has 84 valence electrons. The van der Waals surface area contributed by atoms with Crippen LogP contribution < -0.4 is 0 Å². The molecule has 0 saturated heterocycles. The van der Waals surface area contributed by atoms with E-state index in [0.717, 1.165) is 13.8 Å². The van der Waals surface area contributed by atoms with Crippen molar-refractivity contribution >= 4 is 0 Å². The molecule has 0 bridgehead atoms. The summed E-state index contributed by atoms with van der Waals surface area (Å²) in [7, 11) is 0. The van der Waals surface area contributed by atoms with E-state index in [1.807, 2.05) is 0 Å². The zero-order valence-corrected chi connectivity index (χ0v) is 7.85. The van der Waals surface area contributed by atoms with Gasteiger partial charge in [-0.15, -0.1) is 0 Å². The van der Waals surface area contributed by atoms with Gasteiger partial charge in [0.05, 0.1) is 12.0 Å². The molecule has 1 rings (SSSR count). The topological polar surface area (TPSA) is 80.9 Å². The van der Waals surface area contributed by atoms with Crippen LogP contribution in [0.15, 0.2) is 0 Å². The van der Waals surface area contributed by atoms with Crippen LogP contribution in [0.3, 0.4) is 0 Å². The molecule has 14 heavy (non-hydrogen) atoms. The molecule has 5 atom stereocenters. The van der Waals surface area contributed by atoms with E-state index in [2.05, 4.69) is 0 Å². The Kier molecular flexibility index (Phi) is 2.60. The van der Waals surface area contributed by atoms with Crippen molar-refractivity contribution in [2.75, 3.05) is 0 Å². The average Bonchev–Trinajstić information content (AvgIpc) is 2.11. The second-order valence-electron chi connectivity index (χ2n) is 4.02. The molecular formula is C8H14F2O4. The van der Waals surface area contributed by atoms with Gasteiger partial charge in [0, 0.05) is 0 Å². The highest BCUT2D eigenvalue weighted by atomic mass is 19.3. The van der Waals surface area contributed by atoms with Crippen molar-refractivity contribution in [1.29, 1.82) is 0 Å². The molecule has 0 spiro atoms. The molecular weight excluding hydrogens is 198 g/mol. The highest BCUT2D eigenvalue weighted by Crippen LogP contribution is 2.43. The van der Waals surface area contributed by atoms with Crippen LogP contribution in [0.5, 0.6) is 0 Å². The van der Waals surface area contributed by atoms with Crippen LogP contribution in [-0.4, -0.2) is 50.3 Å². The number of aliphatic hydroxyl groups is 4. The van der Waals surface area contributed by atoms with Crippen molar-refractivity contribution in [1.82, 2.24) is 0 Å². The number of aliphatic hydroxyl groups excluding tert-OH is 3. The minimum absolute atomic E-state index is 1.01. The fraction of sp³-hybridized carbons (Fsp3) is 1.00. The Morgan fingerprint density at radius 2 is 1.43 bits per heavy atom. The Hall–Kier alpha value is -0.300. The van der Waals surface area contributed by atoms with Gasteiger partial charge in [-0.2, -0.15) is 0 Å². The molecule has 1 saturated carbocycles. The lowest BCUT2D eigenvalue weighted by atomic mass is 9.71. The first-order valence-corrected chi connectivity index (χ1v) is 4.27. The van der Waals surface area contributed by atoms with E-state index in [0.29, 0.717) is 0 Å². The minimum atomic E-state index is -3.61. The summed E-state index contributed by atoms with van der Waals surface area (Å²) >= 11 is 0. The molecule has 4 nitrogen and oxygen atoms in total. The molecule has 1 aliphatic carbocycles. The van der Waals surface area contributed by atoms with E-state index in [1.54, 1.807) is 0 Å². The first-order valence-electron chi connectivity index (χ1n) is 4.27.